The van der Waals surface area contributed by atoms with Gasteiger partial charge in [-0.05, 0) is 142 Å². The topological polar surface area (TPSA) is 68.3 Å². The minimum atomic E-state index is 0.136. The van der Waals surface area contributed by atoms with Crippen molar-refractivity contribution in [3.8, 4) is 34.3 Å². The number of rotatable bonds is 14. The van der Waals surface area contributed by atoms with Crippen LogP contribution < -0.4 is 24.3 Å². The SMILES string of the molecule is CC.CCCc1cc(C2C=C(CN3CCCC(N(C)Cc4ccccc4)CC3)C=CN2)cc(OC)c1OC.COc1cc(-c2ncccc2C)cc(OC)c1C1CCC1. The summed E-state index contributed by atoms with van der Waals surface area (Å²) in [5, 5.41) is 3.54. The van der Waals surface area contributed by atoms with E-state index in [0.717, 1.165) is 78.8 Å². The van der Waals surface area contributed by atoms with Gasteiger partial charge in [-0.3, -0.25) is 14.8 Å². The smallest absolute Gasteiger partial charge is 0.163 e. The fraction of sp³-hybridized carbons (Fsp3) is 0.471. The van der Waals surface area contributed by atoms with Gasteiger partial charge in [0, 0.05) is 36.5 Å². The summed E-state index contributed by atoms with van der Waals surface area (Å²) in [6, 6.07) is 24.2. The van der Waals surface area contributed by atoms with E-state index in [1.807, 2.05) is 26.1 Å². The Morgan fingerprint density at radius 1 is 0.814 bits per heavy atom. The van der Waals surface area contributed by atoms with E-state index >= 15 is 0 Å². The number of methoxy groups -OCH3 is 4. The number of dihydropyridines is 1. The molecule has 7 rings (SSSR count). The average molecular weight is 803 g/mol. The van der Waals surface area contributed by atoms with Gasteiger partial charge in [0.05, 0.1) is 40.2 Å². The van der Waals surface area contributed by atoms with Gasteiger partial charge in [-0.15, -0.1) is 0 Å². The molecule has 1 N–H and O–H groups in total. The van der Waals surface area contributed by atoms with Crippen molar-refractivity contribution in [3.63, 3.8) is 0 Å². The van der Waals surface area contributed by atoms with Gasteiger partial charge in [-0.25, -0.2) is 0 Å². The molecule has 2 fully saturated rings. The van der Waals surface area contributed by atoms with Crippen LogP contribution >= 0.6 is 0 Å². The van der Waals surface area contributed by atoms with Gasteiger partial charge in [0.15, 0.2) is 11.5 Å². The molecule has 8 heteroatoms. The highest BCUT2D eigenvalue weighted by atomic mass is 16.5. The van der Waals surface area contributed by atoms with Crippen LogP contribution in [0.4, 0.5) is 0 Å². The molecule has 318 valence electrons. The van der Waals surface area contributed by atoms with Crippen LogP contribution in [-0.4, -0.2) is 75.9 Å². The first kappa shape index (κ1) is 45.3. The number of aryl methyl sites for hydroxylation is 2. The number of nitrogens with one attached hydrogen (secondary N) is 1. The van der Waals surface area contributed by atoms with Gasteiger partial charge in [0.1, 0.15) is 11.5 Å². The zero-order valence-electron chi connectivity index (χ0n) is 37.4. The Morgan fingerprint density at radius 3 is 2.17 bits per heavy atom. The summed E-state index contributed by atoms with van der Waals surface area (Å²) in [5.74, 6) is 4.06. The van der Waals surface area contributed by atoms with E-state index in [-0.39, 0.29) is 6.04 Å². The summed E-state index contributed by atoms with van der Waals surface area (Å²) in [7, 11) is 9.18. The van der Waals surface area contributed by atoms with Crippen molar-refractivity contribution in [2.24, 2.45) is 0 Å². The average Bonchev–Trinajstić information content (AvgIpc) is 3.50. The molecule has 0 spiro atoms. The summed E-state index contributed by atoms with van der Waals surface area (Å²) in [6.07, 6.45) is 18.0. The van der Waals surface area contributed by atoms with Crippen LogP contribution in [0.15, 0.2) is 96.9 Å². The van der Waals surface area contributed by atoms with Crippen molar-refractivity contribution in [1.29, 1.82) is 0 Å². The Bertz CT molecular complexity index is 1930. The molecule has 0 amide bonds. The molecule has 3 heterocycles. The van der Waals surface area contributed by atoms with Gasteiger partial charge < -0.3 is 24.3 Å². The zero-order chi connectivity index (χ0) is 42.1. The largest absolute Gasteiger partial charge is 0.496 e. The molecule has 2 unspecified atom stereocenters. The highest BCUT2D eigenvalue weighted by Gasteiger charge is 2.28. The summed E-state index contributed by atoms with van der Waals surface area (Å²) in [6.45, 7) is 12.6. The molecule has 8 nitrogen and oxygen atoms in total. The second-order valence-electron chi connectivity index (χ2n) is 15.7. The van der Waals surface area contributed by atoms with Crippen LogP contribution in [-0.2, 0) is 13.0 Å². The van der Waals surface area contributed by atoms with E-state index < -0.39 is 0 Å². The molecule has 59 heavy (non-hydrogen) atoms. The maximum atomic E-state index is 5.68. The van der Waals surface area contributed by atoms with Crippen molar-refractivity contribution >= 4 is 0 Å². The lowest BCUT2D eigenvalue weighted by Crippen LogP contribution is -2.33. The molecule has 1 aliphatic carbocycles. The highest BCUT2D eigenvalue weighted by molar-refractivity contribution is 5.69. The van der Waals surface area contributed by atoms with E-state index in [4.69, 9.17) is 18.9 Å². The van der Waals surface area contributed by atoms with E-state index in [1.165, 1.54) is 66.4 Å². The molecule has 1 aromatic heterocycles. The molecular formula is C51H70N4O4. The fourth-order valence-corrected chi connectivity index (χ4v) is 8.53. The van der Waals surface area contributed by atoms with Crippen LogP contribution in [0.2, 0.25) is 0 Å². The van der Waals surface area contributed by atoms with Gasteiger partial charge in [0.2, 0.25) is 0 Å². The lowest BCUT2D eigenvalue weighted by molar-refractivity contribution is 0.209. The van der Waals surface area contributed by atoms with E-state index in [2.05, 4.69) is 120 Å². The van der Waals surface area contributed by atoms with Crippen LogP contribution in [0.5, 0.6) is 23.0 Å². The third-order valence-electron chi connectivity index (χ3n) is 11.8. The normalized spacial score (nSPS) is 17.8. The molecule has 0 bridgehead atoms. The monoisotopic (exact) mass is 803 g/mol. The van der Waals surface area contributed by atoms with Crippen LogP contribution in [0, 0.1) is 6.92 Å². The number of aromatic nitrogens is 1. The molecule has 0 radical (unpaired) electrons. The first-order chi connectivity index (χ1) is 28.8. The third-order valence-corrected chi connectivity index (χ3v) is 11.8. The molecule has 1 saturated carbocycles. The Kier molecular flexibility index (Phi) is 17.7. The van der Waals surface area contributed by atoms with Crippen LogP contribution in [0.1, 0.15) is 105 Å². The minimum absolute atomic E-state index is 0.136. The second kappa shape index (κ2) is 23.1. The van der Waals surface area contributed by atoms with Crippen LogP contribution in [0.3, 0.4) is 0 Å². The zero-order valence-corrected chi connectivity index (χ0v) is 37.4. The molecule has 3 aliphatic rings. The number of likely N-dealkylation sites (tertiary alicyclic amines) is 1. The van der Waals surface area contributed by atoms with Gasteiger partial charge >= 0.3 is 0 Å². The second-order valence-corrected chi connectivity index (χ2v) is 15.7. The van der Waals surface area contributed by atoms with Gasteiger partial charge in [-0.2, -0.15) is 0 Å². The van der Waals surface area contributed by atoms with Crippen molar-refractivity contribution in [1.82, 2.24) is 20.1 Å². The molecular weight excluding hydrogens is 733 g/mol. The van der Waals surface area contributed by atoms with Crippen molar-refractivity contribution in [3.05, 3.63) is 125 Å². The van der Waals surface area contributed by atoms with E-state index in [0.29, 0.717) is 12.0 Å². The quantitative estimate of drug-likeness (QED) is 0.135. The fourth-order valence-electron chi connectivity index (χ4n) is 8.53. The Balaban J connectivity index is 0.000000243. The maximum absolute atomic E-state index is 5.68. The molecule has 2 atom stereocenters. The lowest BCUT2D eigenvalue weighted by Gasteiger charge is -2.29. The third kappa shape index (κ3) is 11.9. The molecule has 2 aliphatic heterocycles. The standard InChI is InChI=1S/C31H43N3O2.C18H21NO2.C2H6/c1-5-10-26-20-27(21-30(35-3)31(26)36-4)29-19-25(14-16-32-29)23-34-17-9-13-28(15-18-34)33(2)22-24-11-7-6-8-12-24;1-12-6-5-9-19-18(12)14-10-15(20-2)17(13-7-4-8-13)16(11-14)21-3;1-2/h6-8,11-12,14,16,19-21,28-29,32H,5,9-10,13,15,17-18,22-23H2,1-4H3;5-6,9-11,13H,4,7-8H2,1-3H3;1-2H3. The summed E-state index contributed by atoms with van der Waals surface area (Å²) >= 11 is 0. The molecule has 1 saturated heterocycles. The van der Waals surface area contributed by atoms with Crippen molar-refractivity contribution < 1.29 is 18.9 Å². The predicted molar refractivity (Wildman–Crippen MR) is 244 cm³/mol. The van der Waals surface area contributed by atoms with Crippen molar-refractivity contribution in [2.75, 3.05) is 55.1 Å². The number of pyridine rings is 1. The summed E-state index contributed by atoms with van der Waals surface area (Å²) in [4.78, 5) is 9.67. The first-order valence-corrected chi connectivity index (χ1v) is 21.9. The number of hydrogen-bond donors (Lipinski definition) is 1. The molecule has 4 aromatic rings. The minimum Gasteiger partial charge on any atom is -0.496 e. The lowest BCUT2D eigenvalue weighted by atomic mass is 9.78. The van der Waals surface area contributed by atoms with Crippen molar-refractivity contribution in [2.45, 2.75) is 104 Å². The first-order valence-electron chi connectivity index (χ1n) is 21.9. The molecule has 3 aromatic carbocycles. The number of nitrogens with zero attached hydrogens (tertiary/aromatic N) is 3. The Morgan fingerprint density at radius 2 is 1.54 bits per heavy atom. The summed E-state index contributed by atoms with van der Waals surface area (Å²) in [5.41, 5.74) is 9.59. The highest BCUT2D eigenvalue weighted by Crippen LogP contribution is 2.47. The Hall–Kier alpha value is -4.79. The number of benzene rings is 3. The van der Waals surface area contributed by atoms with E-state index in [9.17, 15) is 0 Å². The number of ether oxygens (including phenoxy) is 4. The maximum Gasteiger partial charge on any atom is 0.163 e. The van der Waals surface area contributed by atoms with E-state index in [1.54, 1.807) is 28.4 Å². The van der Waals surface area contributed by atoms with Crippen LogP contribution in [0.25, 0.3) is 11.3 Å². The van der Waals surface area contributed by atoms with Gasteiger partial charge in [0.25, 0.3) is 0 Å². The predicted octanol–water partition coefficient (Wildman–Crippen LogP) is 11.1. The summed E-state index contributed by atoms with van der Waals surface area (Å²) < 4.78 is 22.6. The number of hydrogen-bond acceptors (Lipinski definition) is 8. The van der Waals surface area contributed by atoms with Gasteiger partial charge in [-0.1, -0.05) is 76.1 Å². The Labute approximate surface area is 355 Å².